The van der Waals surface area contributed by atoms with Crippen molar-refractivity contribution in [2.24, 2.45) is 0 Å². The van der Waals surface area contributed by atoms with Crippen molar-refractivity contribution in [2.75, 3.05) is 16.8 Å². The molecule has 0 aliphatic carbocycles. The molecule has 0 saturated carbocycles. The zero-order chi connectivity index (χ0) is 19.4. The molecule has 1 fully saturated rings. The Hall–Kier alpha value is -2.94. The third kappa shape index (κ3) is 5.04. The Morgan fingerprint density at radius 2 is 1.93 bits per heavy atom. The summed E-state index contributed by atoms with van der Waals surface area (Å²) >= 11 is 0. The molecule has 1 saturated heterocycles. The van der Waals surface area contributed by atoms with Crippen LogP contribution in [0.3, 0.4) is 0 Å². The van der Waals surface area contributed by atoms with Crippen molar-refractivity contribution >= 4 is 27.1 Å². The van der Waals surface area contributed by atoms with Crippen molar-refractivity contribution < 1.29 is 18.1 Å². The standard InChI is InChI=1S/C18H19N3O5S/c22-18(20-16-8-9-27(25,26)12-16)14-2-1-3-15(10-14)19-11-13-4-6-17(7-5-13)21(23)24/h1-7,10,16,19H,8-9,11-12H2,(H,20,22)/t16-/m0/s1. The van der Waals surface area contributed by atoms with E-state index in [0.29, 0.717) is 18.5 Å². The second-order valence-electron chi connectivity index (χ2n) is 6.43. The average Bonchev–Trinajstić information content (AvgIpc) is 2.99. The van der Waals surface area contributed by atoms with E-state index in [4.69, 9.17) is 0 Å². The van der Waals surface area contributed by atoms with E-state index in [0.717, 1.165) is 11.3 Å². The number of non-ortho nitro benzene ring substituents is 1. The third-order valence-corrected chi connectivity index (χ3v) is 6.10. The molecule has 1 aliphatic heterocycles. The molecule has 0 radical (unpaired) electrons. The number of carbonyl (C=O) groups is 1. The Bertz CT molecular complexity index is 957. The van der Waals surface area contributed by atoms with Gasteiger partial charge in [0, 0.05) is 36.0 Å². The van der Waals surface area contributed by atoms with E-state index in [1.54, 1.807) is 30.3 Å². The molecule has 27 heavy (non-hydrogen) atoms. The molecule has 2 aromatic carbocycles. The Kier molecular flexibility index (Phi) is 5.41. The number of amides is 1. The Balaban J connectivity index is 1.59. The fourth-order valence-electron chi connectivity index (χ4n) is 2.89. The van der Waals surface area contributed by atoms with Crippen molar-refractivity contribution in [3.63, 3.8) is 0 Å². The quantitative estimate of drug-likeness (QED) is 0.577. The molecule has 1 heterocycles. The molecule has 2 N–H and O–H groups in total. The summed E-state index contributed by atoms with van der Waals surface area (Å²) < 4.78 is 23.0. The molecule has 142 valence electrons. The SMILES string of the molecule is O=C(N[C@H]1CCS(=O)(=O)C1)c1cccc(NCc2ccc([N+](=O)[O-])cc2)c1. The lowest BCUT2D eigenvalue weighted by molar-refractivity contribution is -0.384. The van der Waals surface area contributed by atoms with Gasteiger partial charge in [0.2, 0.25) is 0 Å². The van der Waals surface area contributed by atoms with Crippen LogP contribution in [0.15, 0.2) is 48.5 Å². The first kappa shape index (κ1) is 18.8. The second kappa shape index (κ2) is 7.75. The van der Waals surface area contributed by atoms with Gasteiger partial charge < -0.3 is 10.6 Å². The first-order valence-electron chi connectivity index (χ1n) is 8.41. The van der Waals surface area contributed by atoms with Gasteiger partial charge in [0.05, 0.1) is 16.4 Å². The van der Waals surface area contributed by atoms with Crippen molar-refractivity contribution in [3.05, 3.63) is 69.8 Å². The number of nitrogens with zero attached hydrogens (tertiary/aromatic N) is 1. The van der Waals surface area contributed by atoms with E-state index < -0.39 is 14.8 Å². The molecule has 1 aliphatic rings. The van der Waals surface area contributed by atoms with Crippen molar-refractivity contribution in [3.8, 4) is 0 Å². The molecule has 0 unspecified atom stereocenters. The zero-order valence-corrected chi connectivity index (χ0v) is 15.2. The number of benzene rings is 2. The van der Waals surface area contributed by atoms with Crippen LogP contribution in [0.5, 0.6) is 0 Å². The normalized spacial score (nSPS) is 18.0. The van der Waals surface area contributed by atoms with Crippen LogP contribution in [0.4, 0.5) is 11.4 Å². The zero-order valence-electron chi connectivity index (χ0n) is 14.4. The van der Waals surface area contributed by atoms with Crippen LogP contribution < -0.4 is 10.6 Å². The van der Waals surface area contributed by atoms with Crippen LogP contribution in [0.2, 0.25) is 0 Å². The topological polar surface area (TPSA) is 118 Å². The molecular weight excluding hydrogens is 370 g/mol. The van der Waals surface area contributed by atoms with Crippen molar-refractivity contribution in [1.82, 2.24) is 5.32 Å². The maximum absolute atomic E-state index is 12.3. The Morgan fingerprint density at radius 3 is 2.56 bits per heavy atom. The van der Waals surface area contributed by atoms with E-state index in [-0.39, 0.29) is 29.1 Å². The molecule has 0 aromatic heterocycles. The van der Waals surface area contributed by atoms with Crippen LogP contribution >= 0.6 is 0 Å². The minimum atomic E-state index is -3.05. The van der Waals surface area contributed by atoms with Gasteiger partial charge in [-0.15, -0.1) is 0 Å². The van der Waals surface area contributed by atoms with E-state index in [9.17, 15) is 23.3 Å². The summed E-state index contributed by atoms with van der Waals surface area (Å²) in [6.07, 6.45) is 0.437. The summed E-state index contributed by atoms with van der Waals surface area (Å²) in [6, 6.07) is 12.8. The first-order valence-corrected chi connectivity index (χ1v) is 10.2. The molecule has 1 amide bonds. The number of rotatable bonds is 6. The fourth-order valence-corrected chi connectivity index (χ4v) is 4.56. The molecular formula is C18H19N3O5S. The Labute approximate surface area is 156 Å². The largest absolute Gasteiger partial charge is 0.381 e. The van der Waals surface area contributed by atoms with E-state index in [1.807, 2.05) is 6.07 Å². The van der Waals surface area contributed by atoms with Gasteiger partial charge in [-0.05, 0) is 30.2 Å². The number of hydrogen-bond acceptors (Lipinski definition) is 6. The third-order valence-electron chi connectivity index (χ3n) is 4.34. The number of nitro benzene ring substituents is 1. The van der Waals surface area contributed by atoms with E-state index in [2.05, 4.69) is 10.6 Å². The number of hydrogen-bond donors (Lipinski definition) is 2. The second-order valence-corrected chi connectivity index (χ2v) is 8.66. The predicted molar refractivity (Wildman–Crippen MR) is 101 cm³/mol. The summed E-state index contributed by atoms with van der Waals surface area (Å²) in [5.41, 5.74) is 2.06. The van der Waals surface area contributed by atoms with Crippen LogP contribution in [0.25, 0.3) is 0 Å². The number of anilines is 1. The predicted octanol–water partition coefficient (Wildman–Crippen LogP) is 2.12. The first-order chi connectivity index (χ1) is 12.8. The summed E-state index contributed by atoms with van der Waals surface area (Å²) in [7, 11) is -3.05. The monoisotopic (exact) mass is 389 g/mol. The highest BCUT2D eigenvalue weighted by Gasteiger charge is 2.29. The Morgan fingerprint density at radius 1 is 1.19 bits per heavy atom. The van der Waals surface area contributed by atoms with Gasteiger partial charge in [-0.2, -0.15) is 0 Å². The highest BCUT2D eigenvalue weighted by Crippen LogP contribution is 2.16. The number of carbonyl (C=O) groups excluding carboxylic acids is 1. The summed E-state index contributed by atoms with van der Waals surface area (Å²) in [6.45, 7) is 0.448. The molecule has 3 rings (SSSR count). The van der Waals surface area contributed by atoms with Gasteiger partial charge in [-0.1, -0.05) is 18.2 Å². The summed E-state index contributed by atoms with van der Waals surface area (Å²) in [4.78, 5) is 22.6. The lowest BCUT2D eigenvalue weighted by atomic mass is 10.1. The summed E-state index contributed by atoms with van der Waals surface area (Å²) in [5.74, 6) is -0.220. The average molecular weight is 389 g/mol. The van der Waals surface area contributed by atoms with Crippen LogP contribution in [0, 0.1) is 10.1 Å². The minimum absolute atomic E-state index is 0.0170. The highest BCUT2D eigenvalue weighted by atomic mass is 32.2. The molecule has 1 atom stereocenters. The smallest absolute Gasteiger partial charge is 0.269 e. The van der Waals surface area contributed by atoms with Crippen molar-refractivity contribution in [2.45, 2.75) is 19.0 Å². The fraction of sp³-hybridized carbons (Fsp3) is 0.278. The molecule has 0 bridgehead atoms. The number of nitro groups is 1. The molecule has 9 heteroatoms. The molecule has 2 aromatic rings. The lowest BCUT2D eigenvalue weighted by Crippen LogP contribution is -2.35. The lowest BCUT2D eigenvalue weighted by Gasteiger charge is -2.12. The van der Waals surface area contributed by atoms with Gasteiger partial charge >= 0.3 is 0 Å². The van der Waals surface area contributed by atoms with Crippen molar-refractivity contribution in [1.29, 1.82) is 0 Å². The van der Waals surface area contributed by atoms with E-state index in [1.165, 1.54) is 12.1 Å². The van der Waals surface area contributed by atoms with Crippen LogP contribution in [-0.4, -0.2) is 36.8 Å². The molecule has 8 nitrogen and oxygen atoms in total. The van der Waals surface area contributed by atoms with Crippen LogP contribution in [0.1, 0.15) is 22.3 Å². The number of sulfone groups is 1. The maximum Gasteiger partial charge on any atom is 0.269 e. The van der Waals surface area contributed by atoms with Gasteiger partial charge in [0.15, 0.2) is 9.84 Å². The van der Waals surface area contributed by atoms with Gasteiger partial charge in [0.1, 0.15) is 0 Å². The minimum Gasteiger partial charge on any atom is -0.381 e. The maximum atomic E-state index is 12.3. The van der Waals surface area contributed by atoms with Crippen LogP contribution in [-0.2, 0) is 16.4 Å². The highest BCUT2D eigenvalue weighted by molar-refractivity contribution is 7.91. The van der Waals surface area contributed by atoms with Gasteiger partial charge in [0.25, 0.3) is 11.6 Å². The summed E-state index contributed by atoms with van der Waals surface area (Å²) in [5, 5.41) is 16.6. The molecule has 0 spiro atoms. The van der Waals surface area contributed by atoms with Gasteiger partial charge in [-0.25, -0.2) is 8.42 Å². The van der Waals surface area contributed by atoms with Gasteiger partial charge in [-0.3, -0.25) is 14.9 Å². The van der Waals surface area contributed by atoms with E-state index >= 15 is 0 Å². The number of nitrogens with one attached hydrogen (secondary N) is 2.